The predicted molar refractivity (Wildman–Crippen MR) is 184 cm³/mol. The van der Waals surface area contributed by atoms with Crippen molar-refractivity contribution < 1.29 is 72.9 Å². The van der Waals surface area contributed by atoms with Crippen molar-refractivity contribution in [3.8, 4) is 34.1 Å². The molecule has 2 aliphatic heterocycles. The molecule has 3 atom stereocenters. The number of carbonyl (C=O) groups excluding carboxylic acids is 3. The Morgan fingerprint density at radius 3 is 1.92 bits per heavy atom. The lowest BCUT2D eigenvalue weighted by Crippen LogP contribution is -2.36. The maximum atomic E-state index is 13.4. The second-order valence-corrected chi connectivity index (χ2v) is 13.0. The molecule has 2 heterocycles. The van der Waals surface area contributed by atoms with Gasteiger partial charge < -0.3 is 60.6 Å². The average Bonchev–Trinajstić information content (AvgIpc) is 3.66. The Hall–Kier alpha value is -5.92. The fourth-order valence-electron chi connectivity index (χ4n) is 5.50. The molecule has 2 aromatic rings. The molecule has 4 rings (SSSR count). The van der Waals surface area contributed by atoms with Gasteiger partial charge in [0.1, 0.15) is 23.0 Å². The van der Waals surface area contributed by atoms with Crippen LogP contribution in [-0.2, 0) is 24.0 Å². The SMILES string of the molecule is O=C(O)COc1cc(OCC(=O)O)cc(-c2cc(C(=O)NCCNC(=O)CCCC[C@@H]3SC[C@@H]4NC(=O)N[C@@H]43)c(OCC(=O)O)cc2OCC(=O)O)c1. The highest BCUT2D eigenvalue weighted by molar-refractivity contribution is 8.00. The summed E-state index contributed by atoms with van der Waals surface area (Å²) in [5.41, 5.74) is -0.0945. The standard InChI is InChI=1S/C33H38N4O15S/c38-26(4-2-1-3-25-31-22(16-53-25)36-33(48)37-31)34-5-6-35-32(47)21-10-20(23(51-14-29(43)44)11-24(21)52-15-30(45)46)17-7-18(49-12-27(39)40)9-19(8-17)50-13-28(41)42/h7-11,22,25,31H,1-6,12-16H2,(H,34,38)(H,35,47)(H,39,40)(H,41,42)(H,43,44)(H,45,46)(H2,36,37,48)/t22-,25-,31-/m0/s1. The van der Waals surface area contributed by atoms with Crippen molar-refractivity contribution in [3.63, 3.8) is 0 Å². The van der Waals surface area contributed by atoms with Crippen LogP contribution >= 0.6 is 11.8 Å². The summed E-state index contributed by atoms with van der Waals surface area (Å²) in [7, 11) is 0. The van der Waals surface area contributed by atoms with Crippen molar-refractivity contribution in [3.05, 3.63) is 35.9 Å². The van der Waals surface area contributed by atoms with Crippen LogP contribution in [0.25, 0.3) is 11.1 Å². The number of hydrogen-bond donors (Lipinski definition) is 8. The van der Waals surface area contributed by atoms with E-state index >= 15 is 0 Å². The number of benzene rings is 2. The zero-order valence-corrected chi connectivity index (χ0v) is 28.9. The van der Waals surface area contributed by atoms with Crippen LogP contribution in [0, 0.1) is 0 Å². The zero-order valence-electron chi connectivity index (χ0n) is 28.1. The highest BCUT2D eigenvalue weighted by Crippen LogP contribution is 2.40. The quantitative estimate of drug-likeness (QED) is 0.0608. The molecule has 0 bridgehead atoms. The number of unbranched alkanes of at least 4 members (excludes halogenated alkanes) is 1. The zero-order chi connectivity index (χ0) is 38.5. The first-order chi connectivity index (χ1) is 25.3. The molecule has 8 N–H and O–H groups in total. The van der Waals surface area contributed by atoms with E-state index in [1.165, 1.54) is 24.3 Å². The Morgan fingerprint density at radius 2 is 1.30 bits per heavy atom. The molecule has 0 saturated carbocycles. The van der Waals surface area contributed by atoms with Gasteiger partial charge in [0, 0.05) is 48.2 Å². The summed E-state index contributed by atoms with van der Waals surface area (Å²) in [5.74, 6) is -6.23. The Balaban J connectivity index is 1.46. The number of carboxylic acids is 4. The number of ether oxygens (including phenoxy) is 4. The van der Waals surface area contributed by atoms with Crippen molar-refractivity contribution >= 4 is 53.5 Å². The first kappa shape index (κ1) is 39.9. The van der Waals surface area contributed by atoms with Gasteiger partial charge in [0.05, 0.1) is 17.6 Å². The lowest BCUT2D eigenvalue weighted by Gasteiger charge is -2.18. The minimum atomic E-state index is -1.38. The van der Waals surface area contributed by atoms with Crippen LogP contribution in [0.1, 0.15) is 36.0 Å². The van der Waals surface area contributed by atoms with Crippen molar-refractivity contribution in [2.75, 3.05) is 45.3 Å². The molecule has 53 heavy (non-hydrogen) atoms. The molecule has 4 amide bonds. The minimum absolute atomic E-state index is 0.0198. The van der Waals surface area contributed by atoms with Crippen molar-refractivity contribution in [2.45, 2.75) is 43.0 Å². The Bertz CT molecular complexity index is 1690. The highest BCUT2D eigenvalue weighted by Gasteiger charge is 2.42. The van der Waals surface area contributed by atoms with Gasteiger partial charge in [-0.15, -0.1) is 0 Å². The molecule has 2 fully saturated rings. The van der Waals surface area contributed by atoms with E-state index in [1.807, 2.05) is 0 Å². The molecule has 0 aromatic heterocycles. The molecule has 0 unspecified atom stereocenters. The first-order valence-corrected chi connectivity index (χ1v) is 17.3. The van der Waals surface area contributed by atoms with E-state index in [4.69, 9.17) is 29.2 Å². The van der Waals surface area contributed by atoms with Crippen LogP contribution in [0.2, 0.25) is 0 Å². The number of rotatable bonds is 22. The molecule has 286 valence electrons. The van der Waals surface area contributed by atoms with Crippen LogP contribution in [0.5, 0.6) is 23.0 Å². The monoisotopic (exact) mass is 762 g/mol. The van der Waals surface area contributed by atoms with Gasteiger partial charge in [-0.05, 0) is 36.6 Å². The van der Waals surface area contributed by atoms with Gasteiger partial charge in [-0.3, -0.25) is 9.59 Å². The summed E-state index contributed by atoms with van der Waals surface area (Å²) in [5, 5.41) is 48.1. The second-order valence-electron chi connectivity index (χ2n) is 11.7. The maximum absolute atomic E-state index is 13.4. The fourth-order valence-corrected chi connectivity index (χ4v) is 7.05. The maximum Gasteiger partial charge on any atom is 0.341 e. The molecular formula is C33H38N4O15S. The van der Waals surface area contributed by atoms with Crippen LogP contribution in [-0.4, -0.2) is 125 Å². The molecule has 2 aliphatic rings. The number of urea groups is 1. The summed E-state index contributed by atoms with van der Waals surface area (Å²) in [6, 6.07) is 6.19. The average molecular weight is 763 g/mol. The molecular weight excluding hydrogens is 724 g/mol. The number of nitrogens with one attached hydrogen (secondary N) is 4. The molecule has 0 aliphatic carbocycles. The van der Waals surface area contributed by atoms with Gasteiger partial charge in [0.25, 0.3) is 5.91 Å². The number of carbonyl (C=O) groups is 7. The smallest absolute Gasteiger partial charge is 0.341 e. The van der Waals surface area contributed by atoms with E-state index < -0.39 is 56.2 Å². The molecule has 19 nitrogen and oxygen atoms in total. The van der Waals surface area contributed by atoms with Crippen LogP contribution in [0.3, 0.4) is 0 Å². The third-order valence-corrected chi connectivity index (χ3v) is 9.27. The Kier molecular flexibility index (Phi) is 14.3. The number of amides is 4. The van der Waals surface area contributed by atoms with Crippen molar-refractivity contribution in [2.24, 2.45) is 0 Å². The van der Waals surface area contributed by atoms with Crippen molar-refractivity contribution in [1.82, 2.24) is 21.3 Å². The van der Waals surface area contributed by atoms with Gasteiger partial charge in [-0.25, -0.2) is 24.0 Å². The lowest BCUT2D eigenvalue weighted by molar-refractivity contribution is -0.140. The van der Waals surface area contributed by atoms with E-state index in [-0.39, 0.29) is 88.5 Å². The van der Waals surface area contributed by atoms with Gasteiger partial charge in [0.15, 0.2) is 26.4 Å². The van der Waals surface area contributed by atoms with Gasteiger partial charge in [0.2, 0.25) is 5.91 Å². The van der Waals surface area contributed by atoms with Gasteiger partial charge >= 0.3 is 29.9 Å². The second kappa shape index (κ2) is 19.1. The normalized spacial score (nSPS) is 17.1. The van der Waals surface area contributed by atoms with E-state index in [9.17, 15) is 43.8 Å². The number of carboxylic acid groups (broad SMARTS) is 4. The van der Waals surface area contributed by atoms with E-state index in [0.29, 0.717) is 6.42 Å². The number of fused-ring (bicyclic) bond motifs is 1. The van der Waals surface area contributed by atoms with E-state index in [1.54, 1.807) is 11.8 Å². The van der Waals surface area contributed by atoms with Gasteiger partial charge in [-0.1, -0.05) is 6.42 Å². The van der Waals surface area contributed by atoms with Crippen molar-refractivity contribution in [1.29, 1.82) is 0 Å². The predicted octanol–water partition coefficient (Wildman–Crippen LogP) is 0.779. The van der Waals surface area contributed by atoms with Crippen LogP contribution in [0.4, 0.5) is 4.79 Å². The van der Waals surface area contributed by atoms with Crippen LogP contribution in [0.15, 0.2) is 30.3 Å². The summed E-state index contributed by atoms with van der Waals surface area (Å²) >= 11 is 1.79. The molecule has 2 saturated heterocycles. The third kappa shape index (κ3) is 12.4. The van der Waals surface area contributed by atoms with Crippen LogP contribution < -0.4 is 40.2 Å². The molecule has 0 spiro atoms. The first-order valence-electron chi connectivity index (χ1n) is 16.2. The number of hydrogen-bond acceptors (Lipinski definition) is 12. The number of thioether (sulfide) groups is 1. The minimum Gasteiger partial charge on any atom is -0.482 e. The summed E-state index contributed by atoms with van der Waals surface area (Å²) in [6.07, 6.45) is 2.52. The fraction of sp³-hybridized carbons (Fsp3) is 0.424. The summed E-state index contributed by atoms with van der Waals surface area (Å²) < 4.78 is 21.3. The highest BCUT2D eigenvalue weighted by atomic mass is 32.2. The summed E-state index contributed by atoms with van der Waals surface area (Å²) in [6.45, 7) is -3.31. The summed E-state index contributed by atoms with van der Waals surface area (Å²) in [4.78, 5) is 82.4. The van der Waals surface area contributed by atoms with E-state index in [0.717, 1.165) is 24.7 Å². The molecule has 20 heteroatoms. The Labute approximate surface area is 305 Å². The van der Waals surface area contributed by atoms with E-state index in [2.05, 4.69) is 21.3 Å². The van der Waals surface area contributed by atoms with Gasteiger partial charge in [-0.2, -0.15) is 11.8 Å². The largest absolute Gasteiger partial charge is 0.482 e. The molecule has 0 radical (unpaired) electrons. The Morgan fingerprint density at radius 1 is 0.717 bits per heavy atom. The topological polar surface area (TPSA) is 285 Å². The number of aliphatic carboxylic acids is 4. The lowest BCUT2D eigenvalue weighted by atomic mass is 9.99. The molecule has 2 aromatic carbocycles. The third-order valence-electron chi connectivity index (χ3n) is 7.76.